The van der Waals surface area contributed by atoms with Crippen LogP contribution in [0.4, 0.5) is 0 Å². The van der Waals surface area contributed by atoms with Crippen LogP contribution in [0.15, 0.2) is 12.1 Å². The first kappa shape index (κ1) is 19.2. The smallest absolute Gasteiger partial charge is 0.261 e. The molecule has 3 heterocycles. The molecule has 2 aliphatic heterocycles. The molecule has 7 heteroatoms. The van der Waals surface area contributed by atoms with E-state index in [2.05, 4.69) is 10.6 Å². The molecule has 2 fully saturated rings. The number of aryl methyl sites for hydroxylation is 1. The van der Waals surface area contributed by atoms with Crippen LogP contribution in [0.25, 0.3) is 0 Å². The molecule has 2 N–H and O–H groups in total. The van der Waals surface area contributed by atoms with E-state index in [1.807, 2.05) is 24.0 Å². The SMILES string of the molecule is Cc1ccc(C(=O)NC2CCN(C(=O)C3CCCCN3)CC2)s1.Cl. The summed E-state index contributed by atoms with van der Waals surface area (Å²) in [5, 5.41) is 6.43. The highest BCUT2D eigenvalue weighted by Crippen LogP contribution is 2.18. The van der Waals surface area contributed by atoms with Crippen molar-refractivity contribution >= 4 is 35.6 Å². The molecule has 0 aromatic carbocycles. The Morgan fingerprint density at radius 3 is 2.54 bits per heavy atom. The molecule has 1 unspecified atom stereocenters. The highest BCUT2D eigenvalue weighted by Gasteiger charge is 2.29. The summed E-state index contributed by atoms with van der Waals surface area (Å²) >= 11 is 1.52. The molecule has 1 atom stereocenters. The Morgan fingerprint density at radius 2 is 1.96 bits per heavy atom. The summed E-state index contributed by atoms with van der Waals surface area (Å²) in [5.74, 6) is 0.255. The Hall–Kier alpha value is -1.11. The van der Waals surface area contributed by atoms with Gasteiger partial charge in [-0.05, 0) is 51.3 Å². The Balaban J connectivity index is 0.00000208. The fourth-order valence-electron chi connectivity index (χ4n) is 3.34. The van der Waals surface area contributed by atoms with Gasteiger partial charge in [0.15, 0.2) is 0 Å². The van der Waals surface area contributed by atoms with Crippen LogP contribution in [0, 0.1) is 6.92 Å². The number of hydrogen-bond acceptors (Lipinski definition) is 4. The fourth-order valence-corrected chi connectivity index (χ4v) is 4.11. The first-order valence-corrected chi connectivity index (χ1v) is 9.34. The molecule has 24 heavy (non-hydrogen) atoms. The number of thiophene rings is 1. The second kappa shape index (κ2) is 8.83. The number of halogens is 1. The van der Waals surface area contributed by atoms with Crippen LogP contribution in [0.5, 0.6) is 0 Å². The zero-order chi connectivity index (χ0) is 16.2. The minimum absolute atomic E-state index is 0. The Morgan fingerprint density at radius 1 is 1.21 bits per heavy atom. The van der Waals surface area contributed by atoms with Gasteiger partial charge in [0.25, 0.3) is 5.91 Å². The fraction of sp³-hybridized carbons (Fsp3) is 0.647. The van der Waals surface area contributed by atoms with Crippen molar-refractivity contribution in [3.05, 3.63) is 21.9 Å². The number of nitrogens with one attached hydrogen (secondary N) is 2. The zero-order valence-corrected chi connectivity index (χ0v) is 15.7. The van der Waals surface area contributed by atoms with E-state index in [1.165, 1.54) is 17.8 Å². The molecule has 0 aliphatic carbocycles. The minimum atomic E-state index is 0. The van der Waals surface area contributed by atoms with E-state index >= 15 is 0 Å². The number of piperidine rings is 2. The lowest BCUT2D eigenvalue weighted by Gasteiger charge is -2.35. The average Bonchev–Trinajstić information content (AvgIpc) is 3.02. The van der Waals surface area contributed by atoms with Crippen LogP contribution in [0.3, 0.4) is 0 Å². The molecule has 0 bridgehead atoms. The van der Waals surface area contributed by atoms with Gasteiger partial charge in [0, 0.05) is 24.0 Å². The van der Waals surface area contributed by atoms with E-state index < -0.39 is 0 Å². The van der Waals surface area contributed by atoms with Gasteiger partial charge in [-0.1, -0.05) is 6.42 Å². The zero-order valence-electron chi connectivity index (χ0n) is 14.0. The van der Waals surface area contributed by atoms with Crippen LogP contribution in [-0.2, 0) is 4.79 Å². The van der Waals surface area contributed by atoms with Crippen molar-refractivity contribution in [3.8, 4) is 0 Å². The van der Waals surface area contributed by atoms with Crippen molar-refractivity contribution in [2.45, 2.75) is 51.1 Å². The quantitative estimate of drug-likeness (QED) is 0.857. The minimum Gasteiger partial charge on any atom is -0.348 e. The third-order valence-corrected chi connectivity index (χ3v) is 5.71. The van der Waals surface area contributed by atoms with Crippen LogP contribution in [0.1, 0.15) is 46.7 Å². The molecule has 3 rings (SSSR count). The van der Waals surface area contributed by atoms with Crippen LogP contribution >= 0.6 is 23.7 Å². The van der Waals surface area contributed by atoms with Crippen molar-refractivity contribution in [1.29, 1.82) is 0 Å². The van der Waals surface area contributed by atoms with Gasteiger partial charge in [-0.15, -0.1) is 23.7 Å². The normalized spacial score (nSPS) is 21.9. The summed E-state index contributed by atoms with van der Waals surface area (Å²) in [4.78, 5) is 28.6. The molecule has 2 amide bonds. The third-order valence-electron chi connectivity index (χ3n) is 4.71. The Labute approximate surface area is 153 Å². The maximum atomic E-state index is 12.5. The van der Waals surface area contributed by atoms with Gasteiger partial charge in [-0.2, -0.15) is 0 Å². The Kier molecular flexibility index (Phi) is 7.07. The molecule has 0 saturated carbocycles. The summed E-state index contributed by atoms with van der Waals surface area (Å²) in [6, 6.07) is 4.03. The van der Waals surface area contributed by atoms with Crippen molar-refractivity contribution in [1.82, 2.24) is 15.5 Å². The average molecular weight is 372 g/mol. The van der Waals surface area contributed by atoms with E-state index in [0.29, 0.717) is 0 Å². The predicted octanol–water partition coefficient (Wildman–Crippen LogP) is 2.34. The second-order valence-corrected chi connectivity index (χ2v) is 7.77. The van der Waals surface area contributed by atoms with Gasteiger partial charge >= 0.3 is 0 Å². The number of rotatable bonds is 3. The first-order chi connectivity index (χ1) is 11.1. The molecule has 5 nitrogen and oxygen atoms in total. The van der Waals surface area contributed by atoms with Gasteiger partial charge in [0.2, 0.25) is 5.91 Å². The molecule has 1 aromatic heterocycles. The van der Waals surface area contributed by atoms with Crippen LogP contribution in [-0.4, -0.2) is 48.4 Å². The maximum Gasteiger partial charge on any atom is 0.261 e. The van der Waals surface area contributed by atoms with Crippen molar-refractivity contribution in [2.75, 3.05) is 19.6 Å². The monoisotopic (exact) mass is 371 g/mol. The van der Waals surface area contributed by atoms with Gasteiger partial charge in [0.05, 0.1) is 10.9 Å². The Bertz CT molecular complexity index is 564. The lowest BCUT2D eigenvalue weighted by atomic mass is 10.0. The molecule has 134 valence electrons. The summed E-state index contributed by atoms with van der Waals surface area (Å²) in [6.45, 7) is 4.44. The number of likely N-dealkylation sites (tertiary alicyclic amines) is 1. The molecule has 2 saturated heterocycles. The van der Waals surface area contributed by atoms with Gasteiger partial charge in [-0.25, -0.2) is 0 Å². The lowest BCUT2D eigenvalue weighted by Crippen LogP contribution is -2.53. The third kappa shape index (κ3) is 4.71. The molecule has 1 aromatic rings. The molecular weight excluding hydrogens is 346 g/mol. The second-order valence-electron chi connectivity index (χ2n) is 6.49. The highest BCUT2D eigenvalue weighted by atomic mass is 35.5. The predicted molar refractivity (Wildman–Crippen MR) is 99.0 cm³/mol. The number of nitrogens with zero attached hydrogens (tertiary/aromatic N) is 1. The molecular formula is C17H26ClN3O2S. The number of carbonyl (C=O) groups excluding carboxylic acids is 2. The maximum absolute atomic E-state index is 12.5. The van der Waals surface area contributed by atoms with E-state index in [4.69, 9.17) is 0 Å². The van der Waals surface area contributed by atoms with Gasteiger partial charge in [0.1, 0.15) is 0 Å². The van der Waals surface area contributed by atoms with Crippen LogP contribution < -0.4 is 10.6 Å². The topological polar surface area (TPSA) is 61.4 Å². The summed E-state index contributed by atoms with van der Waals surface area (Å²) in [7, 11) is 0. The molecule has 2 aliphatic rings. The summed E-state index contributed by atoms with van der Waals surface area (Å²) in [6.07, 6.45) is 4.94. The summed E-state index contributed by atoms with van der Waals surface area (Å²) < 4.78 is 0. The number of carbonyl (C=O) groups is 2. The van der Waals surface area contributed by atoms with E-state index in [-0.39, 0.29) is 36.3 Å². The van der Waals surface area contributed by atoms with Crippen LogP contribution in [0.2, 0.25) is 0 Å². The largest absolute Gasteiger partial charge is 0.348 e. The number of amides is 2. The number of hydrogen-bond donors (Lipinski definition) is 2. The highest BCUT2D eigenvalue weighted by molar-refractivity contribution is 7.13. The van der Waals surface area contributed by atoms with Crippen molar-refractivity contribution < 1.29 is 9.59 Å². The molecule has 0 spiro atoms. The van der Waals surface area contributed by atoms with Crippen molar-refractivity contribution in [2.24, 2.45) is 0 Å². The van der Waals surface area contributed by atoms with Gasteiger partial charge in [-0.3, -0.25) is 9.59 Å². The van der Waals surface area contributed by atoms with E-state index in [0.717, 1.165) is 55.1 Å². The standard InChI is InChI=1S/C17H25N3O2S.ClH/c1-12-5-6-15(23-12)16(21)19-13-7-10-20(11-8-13)17(22)14-4-2-3-9-18-14;/h5-6,13-14,18H,2-4,7-11H2,1H3,(H,19,21);1H. The van der Waals surface area contributed by atoms with E-state index in [1.54, 1.807) is 0 Å². The van der Waals surface area contributed by atoms with Gasteiger partial charge < -0.3 is 15.5 Å². The summed E-state index contributed by atoms with van der Waals surface area (Å²) in [5.41, 5.74) is 0. The lowest BCUT2D eigenvalue weighted by molar-refractivity contribution is -0.135. The van der Waals surface area contributed by atoms with E-state index in [9.17, 15) is 9.59 Å². The molecule has 0 radical (unpaired) electrons. The van der Waals surface area contributed by atoms with Crippen molar-refractivity contribution in [3.63, 3.8) is 0 Å². The first-order valence-electron chi connectivity index (χ1n) is 8.53.